The predicted octanol–water partition coefficient (Wildman–Crippen LogP) is 2.56. The third-order valence-corrected chi connectivity index (χ3v) is 3.03. The van der Waals surface area contributed by atoms with Crippen molar-refractivity contribution in [2.24, 2.45) is 5.41 Å². The molecule has 0 fully saturated rings. The summed E-state index contributed by atoms with van der Waals surface area (Å²) in [5.74, 6) is 1.31. The summed E-state index contributed by atoms with van der Waals surface area (Å²) in [6.45, 7) is 10.3. The number of H-pyrrole nitrogens is 1. The molecule has 3 nitrogen and oxygen atoms in total. The molecule has 3 heteroatoms. The van der Waals surface area contributed by atoms with Crippen LogP contribution in [0.2, 0.25) is 0 Å². The first kappa shape index (κ1) is 14.3. The minimum Gasteiger partial charge on any atom is -0.318 e. The van der Waals surface area contributed by atoms with E-state index in [1.54, 1.807) is 0 Å². The van der Waals surface area contributed by atoms with Crippen LogP contribution < -0.4 is 4.48 Å². The zero-order chi connectivity index (χ0) is 13.1. The topological polar surface area (TPSA) is 19.0 Å². The van der Waals surface area contributed by atoms with Gasteiger partial charge in [-0.3, -0.25) is 4.48 Å². The van der Waals surface area contributed by atoms with E-state index in [0.29, 0.717) is 5.41 Å². The Morgan fingerprint density at radius 2 is 1.94 bits per heavy atom. The van der Waals surface area contributed by atoms with E-state index >= 15 is 0 Å². The Hall–Kier alpha value is -0.800. The highest BCUT2D eigenvalue weighted by molar-refractivity contribution is 5.34. The number of nitrogens with one attached hydrogen (secondary N) is 1. The molecule has 1 aromatic heterocycles. The molecule has 0 aliphatic carbocycles. The normalized spacial score (nSPS) is 16.2. The summed E-state index contributed by atoms with van der Waals surface area (Å²) in [4.78, 5) is 5.63. The van der Waals surface area contributed by atoms with E-state index in [9.17, 15) is 0 Å². The van der Waals surface area contributed by atoms with E-state index in [1.165, 1.54) is 5.82 Å². The maximum Gasteiger partial charge on any atom is 0.205 e. The van der Waals surface area contributed by atoms with Crippen molar-refractivity contribution >= 4 is 5.82 Å². The van der Waals surface area contributed by atoms with Crippen LogP contribution in [0.5, 0.6) is 0 Å². The summed E-state index contributed by atoms with van der Waals surface area (Å²) < 4.78 is 0.967. The molecular formula is C14H28N3+. The van der Waals surface area contributed by atoms with Crippen LogP contribution in [0.4, 0.5) is 5.82 Å². The van der Waals surface area contributed by atoms with Crippen molar-refractivity contribution in [1.82, 2.24) is 14.4 Å². The quantitative estimate of drug-likeness (QED) is 0.781. The molecule has 0 aromatic carbocycles. The minimum atomic E-state index is 0.326. The van der Waals surface area contributed by atoms with E-state index in [4.69, 9.17) is 0 Å². The largest absolute Gasteiger partial charge is 0.318 e. The summed E-state index contributed by atoms with van der Waals surface area (Å²) >= 11 is 0. The van der Waals surface area contributed by atoms with E-state index in [-0.39, 0.29) is 0 Å². The molecule has 1 rings (SSSR count). The highest BCUT2D eigenvalue weighted by Crippen LogP contribution is 2.25. The van der Waals surface area contributed by atoms with Gasteiger partial charge in [0.25, 0.3) is 0 Å². The Morgan fingerprint density at radius 3 is 2.35 bits per heavy atom. The van der Waals surface area contributed by atoms with Crippen molar-refractivity contribution in [2.45, 2.75) is 20.8 Å². The lowest BCUT2D eigenvalue weighted by Crippen LogP contribution is -2.53. The monoisotopic (exact) mass is 238 g/mol. The first-order chi connectivity index (χ1) is 7.73. The van der Waals surface area contributed by atoms with Gasteiger partial charge in [-0.2, -0.15) is 0 Å². The number of rotatable bonds is 5. The molecule has 0 bridgehead atoms. The van der Waals surface area contributed by atoms with Gasteiger partial charge in [-0.25, -0.2) is 0 Å². The van der Waals surface area contributed by atoms with E-state index < -0.39 is 0 Å². The maximum absolute atomic E-state index is 3.38. The Balaban J connectivity index is 2.85. The number of aromatic amines is 1. The molecule has 0 saturated carbocycles. The van der Waals surface area contributed by atoms with Crippen LogP contribution in [-0.4, -0.2) is 50.7 Å². The predicted molar refractivity (Wildman–Crippen MR) is 76.3 cm³/mol. The Kier molecular flexibility index (Phi) is 4.39. The number of quaternary nitrogens is 1. The van der Waals surface area contributed by atoms with Gasteiger partial charge in [0, 0.05) is 24.2 Å². The lowest BCUT2D eigenvalue weighted by atomic mass is 9.95. The second-order valence-corrected chi connectivity index (χ2v) is 6.70. The Labute approximate surface area is 106 Å². The molecule has 1 heterocycles. The number of nitrogens with zero attached hydrogens (tertiary/aromatic N) is 2. The fourth-order valence-corrected chi connectivity index (χ4v) is 2.41. The van der Waals surface area contributed by atoms with Crippen LogP contribution in [0, 0.1) is 5.41 Å². The molecule has 17 heavy (non-hydrogen) atoms. The van der Waals surface area contributed by atoms with Gasteiger partial charge in [0.1, 0.15) is 0 Å². The first-order valence-electron chi connectivity index (χ1n) is 6.36. The minimum absolute atomic E-state index is 0.326. The molecule has 98 valence electrons. The average molecular weight is 238 g/mol. The van der Waals surface area contributed by atoms with Gasteiger partial charge in [-0.1, -0.05) is 20.8 Å². The van der Waals surface area contributed by atoms with Crippen molar-refractivity contribution in [3.05, 3.63) is 18.3 Å². The standard InChI is InChI=1S/C14H28N3/c1-14(2,3)12-17(6,11-10-16(4)5)13-8-7-9-15-13/h7-9,15H,10-12H2,1-6H3/q+1. The van der Waals surface area contributed by atoms with Crippen LogP contribution in [0.1, 0.15) is 20.8 Å². The Bertz CT molecular complexity index is 322. The lowest BCUT2D eigenvalue weighted by molar-refractivity contribution is 0.206. The van der Waals surface area contributed by atoms with Crippen molar-refractivity contribution in [2.75, 3.05) is 40.8 Å². The zero-order valence-electron chi connectivity index (χ0n) is 12.2. The molecule has 0 aliphatic heterocycles. The van der Waals surface area contributed by atoms with Gasteiger partial charge in [-0.15, -0.1) is 0 Å². The smallest absolute Gasteiger partial charge is 0.205 e. The second kappa shape index (κ2) is 5.23. The maximum atomic E-state index is 3.38. The van der Waals surface area contributed by atoms with Crippen molar-refractivity contribution < 1.29 is 0 Å². The molecular weight excluding hydrogens is 210 g/mol. The van der Waals surface area contributed by atoms with Gasteiger partial charge in [0.2, 0.25) is 5.82 Å². The molecule has 1 atom stereocenters. The van der Waals surface area contributed by atoms with Crippen molar-refractivity contribution in [3.63, 3.8) is 0 Å². The lowest BCUT2D eigenvalue weighted by Gasteiger charge is -2.38. The van der Waals surface area contributed by atoms with Gasteiger partial charge in [-0.05, 0) is 20.2 Å². The summed E-state index contributed by atoms with van der Waals surface area (Å²) in [6.07, 6.45) is 2.02. The summed E-state index contributed by atoms with van der Waals surface area (Å²) in [5, 5.41) is 0. The second-order valence-electron chi connectivity index (χ2n) is 6.70. The fourth-order valence-electron chi connectivity index (χ4n) is 2.41. The molecule has 0 radical (unpaired) electrons. The first-order valence-corrected chi connectivity index (χ1v) is 6.36. The number of aromatic nitrogens is 1. The van der Waals surface area contributed by atoms with E-state index in [1.807, 2.05) is 6.20 Å². The van der Waals surface area contributed by atoms with Crippen molar-refractivity contribution in [3.8, 4) is 0 Å². The third-order valence-electron chi connectivity index (χ3n) is 3.03. The highest BCUT2D eigenvalue weighted by Gasteiger charge is 2.31. The molecule has 0 saturated heterocycles. The van der Waals surface area contributed by atoms with Crippen LogP contribution in [0.25, 0.3) is 0 Å². The number of hydrogen-bond acceptors (Lipinski definition) is 1. The summed E-state index contributed by atoms with van der Waals surface area (Å²) in [5.41, 5.74) is 0.326. The van der Waals surface area contributed by atoms with Gasteiger partial charge < -0.3 is 9.88 Å². The van der Waals surface area contributed by atoms with Gasteiger partial charge >= 0.3 is 0 Å². The molecule has 1 unspecified atom stereocenters. The average Bonchev–Trinajstić information content (AvgIpc) is 2.65. The molecule has 1 N–H and O–H groups in total. The van der Waals surface area contributed by atoms with Gasteiger partial charge in [0.05, 0.1) is 20.1 Å². The molecule has 1 aromatic rings. The number of likely N-dealkylation sites (N-methyl/N-ethyl adjacent to an activating group) is 2. The highest BCUT2D eigenvalue weighted by atomic mass is 15.4. The summed E-state index contributed by atoms with van der Waals surface area (Å²) in [6, 6.07) is 4.28. The Morgan fingerprint density at radius 1 is 1.29 bits per heavy atom. The van der Waals surface area contributed by atoms with E-state index in [0.717, 1.165) is 24.1 Å². The SMILES string of the molecule is CN(C)CC[N+](C)(CC(C)(C)C)c1ccc[nH]1. The fraction of sp³-hybridized carbons (Fsp3) is 0.714. The molecule has 0 aliphatic rings. The van der Waals surface area contributed by atoms with Crippen LogP contribution in [0.15, 0.2) is 18.3 Å². The van der Waals surface area contributed by atoms with Crippen LogP contribution >= 0.6 is 0 Å². The summed E-state index contributed by atoms with van der Waals surface area (Å²) in [7, 11) is 6.59. The van der Waals surface area contributed by atoms with Gasteiger partial charge in [0.15, 0.2) is 0 Å². The van der Waals surface area contributed by atoms with Crippen LogP contribution in [-0.2, 0) is 0 Å². The van der Waals surface area contributed by atoms with Crippen LogP contribution in [0.3, 0.4) is 0 Å². The molecule has 0 spiro atoms. The molecule has 0 amide bonds. The zero-order valence-corrected chi connectivity index (χ0v) is 12.2. The van der Waals surface area contributed by atoms with Crippen molar-refractivity contribution in [1.29, 1.82) is 0 Å². The van der Waals surface area contributed by atoms with E-state index in [2.05, 4.69) is 63.9 Å². The number of hydrogen-bond donors (Lipinski definition) is 1. The third kappa shape index (κ3) is 4.52.